The Kier molecular flexibility index (Phi) is 7.99. The van der Waals surface area contributed by atoms with Crippen LogP contribution in [0.25, 0.3) is 33.2 Å². The van der Waals surface area contributed by atoms with Gasteiger partial charge in [-0.2, -0.15) is 0 Å². The molecule has 0 spiro atoms. The quantitative estimate of drug-likeness (QED) is 0.162. The first-order chi connectivity index (χ1) is 20.5. The summed E-state index contributed by atoms with van der Waals surface area (Å²) < 4.78 is 8.23. The second-order valence-electron chi connectivity index (χ2n) is 13.2. The molecule has 0 saturated carbocycles. The molecule has 0 radical (unpaired) electrons. The van der Waals surface area contributed by atoms with Gasteiger partial charge >= 0.3 is 6.09 Å². The van der Waals surface area contributed by atoms with Gasteiger partial charge in [0.25, 0.3) is 0 Å². The normalized spacial score (nSPS) is 20.2. The number of amides is 1. The van der Waals surface area contributed by atoms with E-state index in [4.69, 9.17) is 31.3 Å². The smallest absolute Gasteiger partial charge is 0.404 e. The van der Waals surface area contributed by atoms with Crippen molar-refractivity contribution >= 4 is 59.5 Å². The fourth-order valence-electron chi connectivity index (χ4n) is 6.44. The van der Waals surface area contributed by atoms with Crippen LogP contribution < -0.4 is 15.1 Å². The molecule has 6 rings (SSSR count). The van der Waals surface area contributed by atoms with E-state index in [2.05, 4.69) is 29.9 Å². The summed E-state index contributed by atoms with van der Waals surface area (Å²) in [6.45, 7) is 8.10. The minimum Gasteiger partial charge on any atom is -0.465 e. The van der Waals surface area contributed by atoms with Crippen molar-refractivity contribution in [1.29, 1.82) is 0 Å². The Morgan fingerprint density at radius 2 is 1.81 bits per heavy atom. The number of halogens is 1. The first kappa shape index (κ1) is 29.6. The minimum atomic E-state index is -1.24. The molecule has 2 bridgehead atoms. The maximum absolute atomic E-state index is 11.3. The van der Waals surface area contributed by atoms with E-state index in [9.17, 15) is 9.90 Å². The van der Waals surface area contributed by atoms with Crippen LogP contribution in [0.1, 0.15) is 25.7 Å². The number of hydrogen-bond donors (Lipinski definition) is 2. The molecule has 3 aromatic heterocycles. The highest BCUT2D eigenvalue weighted by molar-refractivity contribution is 6.76. The van der Waals surface area contributed by atoms with E-state index in [1.807, 2.05) is 60.2 Å². The minimum absolute atomic E-state index is 0.0326. The average Bonchev–Trinajstić information content (AvgIpc) is 3.43. The zero-order valence-electron chi connectivity index (χ0n) is 25.5. The van der Waals surface area contributed by atoms with Crippen molar-refractivity contribution in [3.05, 3.63) is 41.7 Å². The number of nitrogens with one attached hydrogen (secondary N) is 1. The van der Waals surface area contributed by atoms with Gasteiger partial charge < -0.3 is 29.5 Å². The molecular formula is C31H40ClN7O3Si. The van der Waals surface area contributed by atoms with E-state index in [1.54, 1.807) is 0 Å². The lowest BCUT2D eigenvalue weighted by Crippen LogP contribution is -2.50. The maximum atomic E-state index is 11.3. The van der Waals surface area contributed by atoms with Crippen LogP contribution >= 0.6 is 11.6 Å². The number of carbonyl (C=O) groups is 1. The van der Waals surface area contributed by atoms with Gasteiger partial charge in [-0.05, 0) is 43.9 Å². The first-order valence-corrected chi connectivity index (χ1v) is 19.1. The van der Waals surface area contributed by atoms with Crippen LogP contribution in [0.5, 0.6) is 0 Å². The Labute approximate surface area is 258 Å². The van der Waals surface area contributed by atoms with Gasteiger partial charge in [-0.25, -0.2) is 19.7 Å². The monoisotopic (exact) mass is 621 g/mol. The number of pyridine rings is 1. The van der Waals surface area contributed by atoms with E-state index in [-0.39, 0.29) is 18.1 Å². The van der Waals surface area contributed by atoms with Crippen molar-refractivity contribution in [2.75, 3.05) is 30.5 Å². The molecule has 43 heavy (non-hydrogen) atoms. The van der Waals surface area contributed by atoms with Crippen molar-refractivity contribution in [3.63, 3.8) is 0 Å². The summed E-state index contributed by atoms with van der Waals surface area (Å²) in [5, 5.41) is 13.5. The predicted molar refractivity (Wildman–Crippen MR) is 175 cm³/mol. The second-order valence-corrected chi connectivity index (χ2v) is 19.2. The number of benzene rings is 1. The van der Waals surface area contributed by atoms with Crippen molar-refractivity contribution in [2.45, 2.75) is 76.2 Å². The molecule has 4 aromatic rings. The van der Waals surface area contributed by atoms with Crippen LogP contribution in [-0.2, 0) is 11.5 Å². The Morgan fingerprint density at radius 1 is 1.09 bits per heavy atom. The molecule has 2 N–H and O–H groups in total. The van der Waals surface area contributed by atoms with Crippen LogP contribution in [0, 0.1) is 0 Å². The molecule has 1 amide bonds. The average molecular weight is 622 g/mol. The first-order valence-electron chi connectivity index (χ1n) is 15.0. The molecule has 228 valence electrons. The van der Waals surface area contributed by atoms with E-state index in [0.29, 0.717) is 18.4 Å². The molecule has 5 heterocycles. The van der Waals surface area contributed by atoms with Crippen molar-refractivity contribution < 1.29 is 14.6 Å². The third-order valence-electron chi connectivity index (χ3n) is 8.64. The highest BCUT2D eigenvalue weighted by Gasteiger charge is 2.42. The number of piperidine rings is 1. The number of nitrogens with zero attached hydrogens (tertiary/aromatic N) is 6. The molecule has 2 fully saturated rings. The van der Waals surface area contributed by atoms with Crippen LogP contribution in [-0.4, -0.2) is 77.6 Å². The van der Waals surface area contributed by atoms with E-state index in [1.165, 1.54) is 0 Å². The van der Waals surface area contributed by atoms with Gasteiger partial charge in [-0.3, -0.25) is 0 Å². The SMILES string of the molecule is CN(C)c1ccc2ccc(-c3cn(COCC[Si](C)(C)C)c4nc(N5C6CCC5CC(NC(=O)O)C6)cnc34)c(Cl)c2n1. The van der Waals surface area contributed by atoms with Crippen LogP contribution in [0.15, 0.2) is 36.7 Å². The molecule has 2 aliphatic heterocycles. The third-order valence-corrected chi connectivity index (χ3v) is 10.7. The van der Waals surface area contributed by atoms with Gasteiger partial charge in [-0.1, -0.05) is 43.4 Å². The molecule has 2 unspecified atom stereocenters. The van der Waals surface area contributed by atoms with Crippen LogP contribution in [0.4, 0.5) is 16.4 Å². The number of fused-ring (bicyclic) bond motifs is 4. The van der Waals surface area contributed by atoms with Gasteiger partial charge in [0.1, 0.15) is 23.9 Å². The lowest BCUT2D eigenvalue weighted by atomic mass is 9.97. The van der Waals surface area contributed by atoms with Crippen molar-refractivity contribution in [3.8, 4) is 11.1 Å². The summed E-state index contributed by atoms with van der Waals surface area (Å²) in [4.78, 5) is 30.6. The lowest BCUT2D eigenvalue weighted by Gasteiger charge is -2.39. The zero-order valence-corrected chi connectivity index (χ0v) is 27.2. The van der Waals surface area contributed by atoms with Gasteiger partial charge in [0, 0.05) is 69.6 Å². The predicted octanol–water partition coefficient (Wildman–Crippen LogP) is 6.45. The molecule has 2 aliphatic rings. The Hall–Kier alpha value is -3.41. The molecule has 2 saturated heterocycles. The fraction of sp³-hybridized carbons (Fsp3) is 0.484. The Morgan fingerprint density at radius 3 is 2.49 bits per heavy atom. The van der Waals surface area contributed by atoms with Gasteiger partial charge in [0.05, 0.1) is 16.7 Å². The molecule has 2 atom stereocenters. The lowest BCUT2D eigenvalue weighted by molar-refractivity contribution is 0.0899. The summed E-state index contributed by atoms with van der Waals surface area (Å²) in [7, 11) is 2.69. The highest BCUT2D eigenvalue weighted by Crippen LogP contribution is 2.41. The summed E-state index contributed by atoms with van der Waals surface area (Å²) in [6, 6.07) is 9.61. The summed E-state index contributed by atoms with van der Waals surface area (Å²) in [5.41, 5.74) is 4.00. The molecule has 10 nitrogen and oxygen atoms in total. The van der Waals surface area contributed by atoms with Crippen LogP contribution in [0.2, 0.25) is 30.7 Å². The van der Waals surface area contributed by atoms with E-state index in [0.717, 1.165) is 76.6 Å². The number of hydrogen-bond acceptors (Lipinski definition) is 7. The number of carboxylic acid groups (broad SMARTS) is 1. The number of aromatic nitrogens is 4. The number of rotatable bonds is 9. The zero-order chi connectivity index (χ0) is 30.5. The third kappa shape index (κ3) is 6.03. The summed E-state index contributed by atoms with van der Waals surface area (Å²) >= 11 is 7.07. The number of anilines is 2. The van der Waals surface area contributed by atoms with Crippen molar-refractivity contribution in [1.82, 2.24) is 24.8 Å². The Balaban J connectivity index is 1.39. The van der Waals surface area contributed by atoms with Crippen LogP contribution in [0.3, 0.4) is 0 Å². The number of ether oxygens (including phenoxy) is 1. The molecular weight excluding hydrogens is 582 g/mol. The largest absolute Gasteiger partial charge is 0.465 e. The highest BCUT2D eigenvalue weighted by atomic mass is 35.5. The summed E-state index contributed by atoms with van der Waals surface area (Å²) in [6.07, 6.45) is 6.51. The summed E-state index contributed by atoms with van der Waals surface area (Å²) in [5.74, 6) is 1.66. The van der Waals surface area contributed by atoms with Crippen molar-refractivity contribution in [2.24, 2.45) is 0 Å². The van der Waals surface area contributed by atoms with E-state index < -0.39 is 14.2 Å². The van der Waals surface area contributed by atoms with Gasteiger partial charge in [0.15, 0.2) is 5.65 Å². The van der Waals surface area contributed by atoms with Gasteiger partial charge in [-0.15, -0.1) is 0 Å². The Bertz CT molecular complexity index is 1660. The molecule has 1 aromatic carbocycles. The topological polar surface area (TPSA) is 109 Å². The van der Waals surface area contributed by atoms with Gasteiger partial charge in [0.2, 0.25) is 0 Å². The molecule has 0 aliphatic carbocycles. The standard InChI is InChI=1S/C31H40ClN7O3Si/c1-37(2)25-11-7-19-6-10-23(27(32)28(19)35-25)24-17-38(18-42-12-13-43(3,4)5)30-29(24)33-16-26(36-30)39-21-8-9-22(39)15-20(14-21)34-31(40)41/h6-7,10-11,16-17,20-22,34H,8-9,12-15,18H2,1-5H3,(H,40,41). The second kappa shape index (κ2) is 11.6. The molecule has 12 heteroatoms. The fourth-order valence-corrected chi connectivity index (χ4v) is 7.52. The maximum Gasteiger partial charge on any atom is 0.404 e. The van der Waals surface area contributed by atoms with E-state index >= 15 is 0 Å².